The van der Waals surface area contributed by atoms with E-state index in [0.29, 0.717) is 17.0 Å². The summed E-state index contributed by atoms with van der Waals surface area (Å²) in [6.45, 7) is 0. The van der Waals surface area contributed by atoms with Crippen molar-refractivity contribution < 1.29 is 9.52 Å². The fourth-order valence-electron chi connectivity index (χ4n) is 9.35. The number of pyridine rings is 1. The van der Waals surface area contributed by atoms with Crippen LogP contribution in [0.4, 0.5) is 0 Å². The number of hydrogen-bond acceptors (Lipinski definition) is 4. The maximum atomic E-state index is 12.1. The number of benzene rings is 8. The second-order valence-corrected chi connectivity index (χ2v) is 15.3. The number of aryl methyl sites for hydroxylation is 2. The molecule has 278 valence electrons. The Morgan fingerprint density at radius 1 is 0.458 bits per heavy atom. The summed E-state index contributed by atoms with van der Waals surface area (Å²) in [5, 5.41) is 16.3. The number of phenols is 1. The summed E-state index contributed by atoms with van der Waals surface area (Å²) in [5.41, 5.74) is 15.5. The predicted molar refractivity (Wildman–Crippen MR) is 240 cm³/mol. The molecule has 1 aliphatic rings. The van der Waals surface area contributed by atoms with Crippen LogP contribution in [0.2, 0.25) is 0 Å². The number of hydrogen-bond donors (Lipinski definition) is 1. The lowest BCUT2D eigenvalue weighted by atomic mass is 9.85. The molecular formula is C54H35N3O2. The molecule has 8 aromatic carbocycles. The summed E-state index contributed by atoms with van der Waals surface area (Å²) in [5.74, 6) is 0.701. The highest BCUT2D eigenvalue weighted by Gasteiger charge is 2.28. The number of aromatic hydroxyl groups is 1. The summed E-state index contributed by atoms with van der Waals surface area (Å²) < 4.78 is 8.50. The number of furan rings is 1. The van der Waals surface area contributed by atoms with Crippen molar-refractivity contribution in [3.05, 3.63) is 193 Å². The van der Waals surface area contributed by atoms with Gasteiger partial charge in [0.2, 0.25) is 0 Å². The molecule has 0 saturated heterocycles. The second kappa shape index (κ2) is 13.2. The van der Waals surface area contributed by atoms with Crippen molar-refractivity contribution in [1.29, 1.82) is 0 Å². The minimum absolute atomic E-state index is 0.0853. The van der Waals surface area contributed by atoms with E-state index in [4.69, 9.17) is 14.4 Å². The third kappa shape index (κ3) is 5.18. The molecule has 12 rings (SSSR count). The topological polar surface area (TPSA) is 64.1 Å². The summed E-state index contributed by atoms with van der Waals surface area (Å²) >= 11 is 0. The second-order valence-electron chi connectivity index (χ2n) is 15.3. The van der Waals surface area contributed by atoms with Crippen LogP contribution >= 0.6 is 0 Å². The van der Waals surface area contributed by atoms with Crippen molar-refractivity contribution in [2.45, 2.75) is 12.8 Å². The molecule has 0 saturated carbocycles. The lowest BCUT2D eigenvalue weighted by Crippen LogP contribution is -2.07. The number of phenolic OH excluding ortho intramolecular Hbond substituents is 1. The van der Waals surface area contributed by atoms with Gasteiger partial charge in [0.05, 0.1) is 33.7 Å². The first-order valence-corrected chi connectivity index (χ1v) is 20.1. The molecule has 59 heavy (non-hydrogen) atoms. The van der Waals surface area contributed by atoms with Crippen molar-refractivity contribution in [3.63, 3.8) is 0 Å². The fraction of sp³-hybridized carbons (Fsp3) is 0.0370. The Kier molecular flexibility index (Phi) is 7.44. The predicted octanol–water partition coefficient (Wildman–Crippen LogP) is 13.6. The molecule has 1 N–H and O–H groups in total. The third-order valence-electron chi connectivity index (χ3n) is 12.0. The van der Waals surface area contributed by atoms with Gasteiger partial charge >= 0.3 is 0 Å². The van der Waals surface area contributed by atoms with Crippen LogP contribution in [-0.2, 0) is 12.8 Å². The zero-order valence-corrected chi connectivity index (χ0v) is 31.9. The number of imidazole rings is 1. The first kappa shape index (κ1) is 33.4. The summed E-state index contributed by atoms with van der Waals surface area (Å²) in [4.78, 5) is 11.2. The number of nitrogens with zero attached hydrogens (tertiary/aromatic N) is 3. The molecule has 0 fully saturated rings. The number of para-hydroxylation sites is 3. The van der Waals surface area contributed by atoms with E-state index in [-0.39, 0.29) is 5.75 Å². The molecule has 0 unspecified atom stereocenters. The van der Waals surface area contributed by atoms with Crippen molar-refractivity contribution in [2.24, 2.45) is 0 Å². The van der Waals surface area contributed by atoms with Crippen LogP contribution in [0.25, 0.3) is 106 Å². The van der Waals surface area contributed by atoms with Gasteiger partial charge in [-0.15, -0.1) is 0 Å². The first-order chi connectivity index (χ1) is 29.2. The number of rotatable bonds is 5. The molecule has 1 aliphatic carbocycles. The van der Waals surface area contributed by atoms with Crippen molar-refractivity contribution in [3.8, 4) is 67.6 Å². The molecule has 0 spiro atoms. The van der Waals surface area contributed by atoms with Crippen LogP contribution < -0.4 is 0 Å². The molecular weight excluding hydrogens is 723 g/mol. The molecule has 0 radical (unpaired) electrons. The Morgan fingerprint density at radius 3 is 1.86 bits per heavy atom. The molecule has 3 aromatic heterocycles. The lowest BCUT2D eigenvalue weighted by Gasteiger charge is -2.22. The highest BCUT2D eigenvalue weighted by molar-refractivity contribution is 6.09. The molecule has 5 heteroatoms. The van der Waals surface area contributed by atoms with Gasteiger partial charge in [-0.05, 0) is 58.7 Å². The van der Waals surface area contributed by atoms with Crippen molar-refractivity contribution in [1.82, 2.24) is 14.5 Å². The van der Waals surface area contributed by atoms with Gasteiger partial charge in [0.25, 0.3) is 0 Å². The monoisotopic (exact) mass is 757 g/mol. The standard InChI is InChI=1S/C54H35N3O2/c58-47-32-49-44(40-22-11-12-28-48(40)59-49)31-45(47)54-56-52-43(51-41-23-10-9-21-39(41)42-30-29-35-19-7-8-20-36(35)50(42)55-51)26-14-27-46(52)57(54)53-37(33-15-3-1-4-16-33)24-13-25-38(53)34-17-5-2-6-18-34/h1-28,31-32,58H,29-30H2. The Bertz CT molecular complexity index is 3400. The van der Waals surface area contributed by atoms with E-state index < -0.39 is 0 Å². The zero-order chi connectivity index (χ0) is 39.0. The molecule has 0 atom stereocenters. The maximum absolute atomic E-state index is 12.1. The van der Waals surface area contributed by atoms with Gasteiger partial charge in [0.15, 0.2) is 0 Å². The van der Waals surface area contributed by atoms with Gasteiger partial charge in [0, 0.05) is 44.5 Å². The van der Waals surface area contributed by atoms with Gasteiger partial charge in [-0.2, -0.15) is 0 Å². The van der Waals surface area contributed by atoms with Gasteiger partial charge in [-0.1, -0.05) is 158 Å². The molecule has 0 bridgehead atoms. The van der Waals surface area contributed by atoms with Gasteiger partial charge < -0.3 is 9.52 Å². The minimum atomic E-state index is 0.0853. The molecule has 0 aliphatic heterocycles. The highest BCUT2D eigenvalue weighted by Crippen LogP contribution is 2.46. The molecule has 11 aromatic rings. The largest absolute Gasteiger partial charge is 0.507 e. The molecule has 3 heterocycles. The van der Waals surface area contributed by atoms with E-state index in [2.05, 4.69) is 144 Å². The van der Waals surface area contributed by atoms with Gasteiger partial charge in [0.1, 0.15) is 22.7 Å². The maximum Gasteiger partial charge on any atom is 0.149 e. The third-order valence-corrected chi connectivity index (χ3v) is 12.0. The van der Waals surface area contributed by atoms with Gasteiger partial charge in [-0.25, -0.2) is 9.97 Å². The average Bonchev–Trinajstić information content (AvgIpc) is 3.86. The smallest absolute Gasteiger partial charge is 0.149 e. The quantitative estimate of drug-likeness (QED) is 0.190. The Balaban J connectivity index is 1.22. The van der Waals surface area contributed by atoms with Crippen LogP contribution in [0.3, 0.4) is 0 Å². The first-order valence-electron chi connectivity index (χ1n) is 20.1. The number of fused-ring (bicyclic) bond motifs is 9. The SMILES string of the molecule is Oc1cc2oc3ccccc3c2cc1-c1nc2c(-c3nc4c(c5ccccc35)CCc3ccccc3-4)cccc2n1-c1c(-c2ccccc2)cccc1-c1ccccc1. The lowest BCUT2D eigenvalue weighted by molar-refractivity contribution is 0.476. The average molecular weight is 758 g/mol. The highest BCUT2D eigenvalue weighted by atomic mass is 16.3. The van der Waals surface area contributed by atoms with E-state index >= 15 is 0 Å². The van der Waals surface area contributed by atoms with Crippen LogP contribution in [0.15, 0.2) is 186 Å². The Morgan fingerprint density at radius 2 is 1.08 bits per heavy atom. The summed E-state index contributed by atoms with van der Waals surface area (Å²) in [6, 6.07) is 63.0. The van der Waals surface area contributed by atoms with Crippen LogP contribution in [0, 0.1) is 0 Å². The van der Waals surface area contributed by atoms with E-state index in [1.54, 1.807) is 6.07 Å². The summed E-state index contributed by atoms with van der Waals surface area (Å²) in [6.07, 6.45) is 1.92. The molecule has 5 nitrogen and oxygen atoms in total. The number of aromatic nitrogens is 3. The van der Waals surface area contributed by atoms with Gasteiger partial charge in [-0.3, -0.25) is 4.57 Å². The van der Waals surface area contributed by atoms with E-state index in [1.807, 2.05) is 36.4 Å². The summed E-state index contributed by atoms with van der Waals surface area (Å²) in [7, 11) is 0. The van der Waals surface area contributed by atoms with Crippen LogP contribution in [-0.4, -0.2) is 19.6 Å². The fourth-order valence-corrected chi connectivity index (χ4v) is 9.35. The Hall–Kier alpha value is -7.76. The van der Waals surface area contributed by atoms with Crippen LogP contribution in [0.1, 0.15) is 11.1 Å². The normalized spacial score (nSPS) is 12.3. The van der Waals surface area contributed by atoms with E-state index in [1.165, 1.54) is 22.1 Å². The van der Waals surface area contributed by atoms with Crippen molar-refractivity contribution in [2.75, 3.05) is 0 Å². The van der Waals surface area contributed by atoms with E-state index in [0.717, 1.165) is 90.5 Å². The minimum Gasteiger partial charge on any atom is -0.507 e. The zero-order valence-electron chi connectivity index (χ0n) is 31.9. The Labute approximate surface area is 340 Å². The van der Waals surface area contributed by atoms with Crippen molar-refractivity contribution >= 4 is 43.7 Å². The van der Waals surface area contributed by atoms with Crippen LogP contribution in [0.5, 0.6) is 5.75 Å². The van der Waals surface area contributed by atoms with E-state index in [9.17, 15) is 5.11 Å². The molecule has 0 amide bonds.